The minimum Gasteiger partial charge on any atom is -0.444 e. The summed E-state index contributed by atoms with van der Waals surface area (Å²) in [6.45, 7) is 13.8. The predicted octanol–water partition coefficient (Wildman–Crippen LogP) is 4.45. The van der Waals surface area contributed by atoms with Gasteiger partial charge < -0.3 is 9.64 Å². The lowest BCUT2D eigenvalue weighted by atomic mass is 10.1. The Hall–Kier alpha value is -3.56. The van der Waals surface area contributed by atoms with Crippen LogP contribution in [0.4, 0.5) is 16.3 Å². The summed E-state index contributed by atoms with van der Waals surface area (Å²) < 4.78 is 7.43. The van der Waals surface area contributed by atoms with Crippen LogP contribution in [0.25, 0.3) is 17.1 Å². The van der Waals surface area contributed by atoms with E-state index in [4.69, 9.17) is 9.72 Å². The lowest BCUT2D eigenvalue weighted by Gasteiger charge is -2.39. The summed E-state index contributed by atoms with van der Waals surface area (Å²) in [4.78, 5) is 28.4. The molecule has 1 N–H and O–H groups in total. The van der Waals surface area contributed by atoms with Crippen molar-refractivity contribution in [1.29, 1.82) is 0 Å². The van der Waals surface area contributed by atoms with E-state index in [0.29, 0.717) is 17.1 Å². The zero-order valence-electron chi connectivity index (χ0n) is 20.1. The number of pyridine rings is 1. The molecule has 1 aliphatic heterocycles. The van der Waals surface area contributed by atoms with E-state index >= 15 is 0 Å². The molecule has 0 fully saturated rings. The molecule has 0 bridgehead atoms. The van der Waals surface area contributed by atoms with E-state index in [9.17, 15) is 4.79 Å². The molecule has 1 amide bonds. The maximum Gasteiger partial charge on any atom is 0.412 e. The highest BCUT2D eigenvalue weighted by Crippen LogP contribution is 2.41. The maximum absolute atomic E-state index is 12.4. The largest absolute Gasteiger partial charge is 0.444 e. The molecule has 1 aliphatic rings. The first-order chi connectivity index (χ1) is 15.6. The third-order valence-corrected chi connectivity index (χ3v) is 5.36. The molecule has 33 heavy (non-hydrogen) atoms. The zero-order valence-corrected chi connectivity index (χ0v) is 20.1. The van der Waals surface area contributed by atoms with E-state index in [1.807, 2.05) is 32.3 Å². The first kappa shape index (κ1) is 22.6. The van der Waals surface area contributed by atoms with Crippen LogP contribution in [0.3, 0.4) is 0 Å². The monoisotopic (exact) mass is 450 g/mol. The van der Waals surface area contributed by atoms with Crippen molar-refractivity contribution in [3.8, 4) is 17.1 Å². The molecule has 0 saturated carbocycles. The third-order valence-electron chi connectivity index (χ3n) is 5.36. The fraction of sp³-hybridized carbons (Fsp3) is 0.478. The van der Waals surface area contributed by atoms with E-state index in [0.717, 1.165) is 29.6 Å². The van der Waals surface area contributed by atoms with Crippen LogP contribution in [0.2, 0.25) is 0 Å². The zero-order chi connectivity index (χ0) is 23.9. The van der Waals surface area contributed by atoms with Gasteiger partial charge in [0.15, 0.2) is 17.5 Å². The van der Waals surface area contributed by atoms with Gasteiger partial charge in [-0.05, 0) is 54.0 Å². The van der Waals surface area contributed by atoms with Crippen LogP contribution in [0.15, 0.2) is 24.7 Å². The molecule has 0 spiro atoms. The van der Waals surface area contributed by atoms with Crippen molar-refractivity contribution >= 4 is 17.6 Å². The van der Waals surface area contributed by atoms with Crippen LogP contribution < -0.4 is 10.2 Å². The highest BCUT2D eigenvalue weighted by atomic mass is 16.6. The van der Waals surface area contributed by atoms with Gasteiger partial charge in [-0.25, -0.2) is 14.8 Å². The number of nitrogens with zero attached hydrogens (tertiary/aromatic N) is 7. The fourth-order valence-corrected chi connectivity index (χ4v) is 4.09. The standard InChI is InChI=1S/C23H30N8O2/c1-8-17-21-29-28-14(4)31(21)18-12-25-19(27-20(18)30(17)13(2)3)15-9-10-24-11-16(15)26-22(32)33-23(5,6)7/h9-13,17H,8H2,1-7H3,(H,26,32)/t17-/m1/s1. The average Bonchev–Trinajstić information content (AvgIpc) is 3.12. The maximum atomic E-state index is 12.4. The van der Waals surface area contributed by atoms with Crippen LogP contribution in [0.1, 0.15) is 65.7 Å². The Labute approximate surface area is 193 Å². The fourth-order valence-electron chi connectivity index (χ4n) is 4.09. The minimum absolute atomic E-state index is 0.0400. The van der Waals surface area contributed by atoms with Crippen molar-refractivity contribution < 1.29 is 9.53 Å². The number of aromatic nitrogens is 6. The van der Waals surface area contributed by atoms with E-state index < -0.39 is 11.7 Å². The van der Waals surface area contributed by atoms with Gasteiger partial charge in [-0.2, -0.15) is 0 Å². The van der Waals surface area contributed by atoms with Gasteiger partial charge in [0.05, 0.1) is 24.1 Å². The van der Waals surface area contributed by atoms with Gasteiger partial charge in [-0.1, -0.05) is 6.92 Å². The summed E-state index contributed by atoms with van der Waals surface area (Å²) in [6, 6.07) is 2.00. The van der Waals surface area contributed by atoms with Crippen LogP contribution in [-0.4, -0.2) is 47.5 Å². The van der Waals surface area contributed by atoms with Gasteiger partial charge in [-0.3, -0.25) is 14.9 Å². The van der Waals surface area contributed by atoms with Gasteiger partial charge >= 0.3 is 6.09 Å². The van der Waals surface area contributed by atoms with Gasteiger partial charge in [0.1, 0.15) is 17.1 Å². The third kappa shape index (κ3) is 4.24. The molecule has 1 atom stereocenters. The van der Waals surface area contributed by atoms with Crippen molar-refractivity contribution in [3.05, 3.63) is 36.3 Å². The van der Waals surface area contributed by atoms with Gasteiger partial charge in [0, 0.05) is 17.8 Å². The first-order valence-electron chi connectivity index (χ1n) is 11.1. The van der Waals surface area contributed by atoms with Gasteiger partial charge in [-0.15, -0.1) is 10.2 Å². The molecule has 10 heteroatoms. The molecule has 174 valence electrons. The van der Waals surface area contributed by atoms with Crippen LogP contribution in [0, 0.1) is 6.92 Å². The molecule has 10 nitrogen and oxygen atoms in total. The molecule has 0 aliphatic carbocycles. The number of fused-ring (bicyclic) bond motifs is 3. The van der Waals surface area contributed by atoms with E-state index in [1.54, 1.807) is 24.7 Å². The number of carbonyl (C=O) groups is 1. The second kappa shape index (κ2) is 8.42. The Balaban J connectivity index is 1.80. The number of aryl methyl sites for hydroxylation is 1. The second-order valence-corrected chi connectivity index (χ2v) is 9.32. The lowest BCUT2D eigenvalue weighted by Crippen LogP contribution is -2.40. The summed E-state index contributed by atoms with van der Waals surface area (Å²) in [5, 5.41) is 11.5. The highest BCUT2D eigenvalue weighted by Gasteiger charge is 2.36. The summed E-state index contributed by atoms with van der Waals surface area (Å²) in [5.74, 6) is 2.97. The van der Waals surface area contributed by atoms with Gasteiger partial charge in [0.2, 0.25) is 0 Å². The SMILES string of the molecule is CC[C@@H]1c2nnc(C)n2-c2cnc(-c3ccncc3NC(=O)OC(C)(C)C)nc2N1C(C)C. The Kier molecular flexibility index (Phi) is 5.77. The normalized spacial score (nSPS) is 15.3. The Morgan fingerprint density at radius 1 is 1.24 bits per heavy atom. The summed E-state index contributed by atoms with van der Waals surface area (Å²) in [6.07, 6.45) is 5.30. The molecule has 3 aromatic rings. The summed E-state index contributed by atoms with van der Waals surface area (Å²) >= 11 is 0. The number of hydrogen-bond acceptors (Lipinski definition) is 8. The van der Waals surface area contributed by atoms with Crippen molar-refractivity contribution in [2.75, 3.05) is 10.2 Å². The molecular formula is C23H30N8O2. The van der Waals surface area contributed by atoms with Crippen molar-refractivity contribution in [3.63, 3.8) is 0 Å². The van der Waals surface area contributed by atoms with Gasteiger partial charge in [0.25, 0.3) is 0 Å². The number of anilines is 2. The van der Waals surface area contributed by atoms with Crippen LogP contribution in [-0.2, 0) is 4.74 Å². The smallest absolute Gasteiger partial charge is 0.412 e. The molecule has 0 aromatic carbocycles. The van der Waals surface area contributed by atoms with E-state index in [2.05, 4.69) is 51.2 Å². The van der Waals surface area contributed by atoms with Crippen molar-refractivity contribution in [2.24, 2.45) is 0 Å². The topological polar surface area (TPSA) is 111 Å². The summed E-state index contributed by atoms with van der Waals surface area (Å²) in [7, 11) is 0. The van der Waals surface area contributed by atoms with Crippen LogP contribution >= 0.6 is 0 Å². The number of ether oxygens (including phenoxy) is 1. The Morgan fingerprint density at radius 2 is 2.00 bits per heavy atom. The number of amides is 1. The highest BCUT2D eigenvalue weighted by molar-refractivity contribution is 5.90. The Bertz CT molecular complexity index is 1180. The van der Waals surface area contributed by atoms with Crippen LogP contribution in [0.5, 0.6) is 0 Å². The quantitative estimate of drug-likeness (QED) is 0.620. The molecule has 3 aromatic heterocycles. The predicted molar refractivity (Wildman–Crippen MR) is 125 cm³/mol. The number of nitrogens with one attached hydrogen (secondary N) is 1. The second-order valence-electron chi connectivity index (χ2n) is 9.32. The molecule has 0 saturated heterocycles. The number of hydrogen-bond donors (Lipinski definition) is 1. The lowest BCUT2D eigenvalue weighted by molar-refractivity contribution is 0.0636. The number of rotatable bonds is 4. The number of carbonyl (C=O) groups excluding carboxylic acids is 1. The van der Waals surface area contributed by atoms with Crippen molar-refractivity contribution in [1.82, 2.24) is 29.7 Å². The van der Waals surface area contributed by atoms with E-state index in [-0.39, 0.29) is 12.1 Å². The molecule has 4 heterocycles. The molecule has 0 radical (unpaired) electrons. The Morgan fingerprint density at radius 3 is 2.67 bits per heavy atom. The summed E-state index contributed by atoms with van der Waals surface area (Å²) in [5.41, 5.74) is 1.36. The molecule has 4 rings (SSSR count). The average molecular weight is 451 g/mol. The van der Waals surface area contributed by atoms with E-state index in [1.165, 1.54) is 0 Å². The molecule has 0 unspecified atom stereocenters. The minimum atomic E-state index is -0.615. The van der Waals surface area contributed by atoms with Crippen molar-refractivity contribution in [2.45, 2.75) is 72.6 Å². The molecular weight excluding hydrogens is 420 g/mol. The first-order valence-corrected chi connectivity index (χ1v) is 11.1.